The molecule has 0 N–H and O–H groups in total. The Morgan fingerprint density at radius 2 is 0.932 bits per heavy atom. The molecule has 2 rings (SSSR count). The molecule has 0 saturated carbocycles. The molecular formula is C29H28Co2O13. The molecule has 0 bridgehead atoms. The van der Waals surface area contributed by atoms with Crippen LogP contribution in [0.25, 0.3) is 11.1 Å². The SMILES string of the molecule is COC[C]=[C]Cc1cc(OC)c(OC)c(OC)c1-c1ccc(OC)c(OC)c1OC.[C-]#[O+].[C-]#[O+].[C-]#[O+].[C-]#[O+].[C-]#[O+].[C-]#[O+].[Co].[Co]. The summed E-state index contributed by atoms with van der Waals surface area (Å²) in [5, 5.41) is 0. The van der Waals surface area contributed by atoms with Gasteiger partial charge in [-0.1, -0.05) is 0 Å². The number of hydrogen-bond donors (Lipinski definition) is 0. The van der Waals surface area contributed by atoms with Crippen LogP contribution in [0.1, 0.15) is 5.56 Å². The molecule has 0 heterocycles. The van der Waals surface area contributed by atoms with Crippen LogP contribution < -0.4 is 28.4 Å². The van der Waals surface area contributed by atoms with Gasteiger partial charge in [-0.2, -0.15) is 0 Å². The predicted molar refractivity (Wildman–Crippen MR) is 137 cm³/mol. The van der Waals surface area contributed by atoms with Gasteiger partial charge < -0.3 is 33.2 Å². The van der Waals surface area contributed by atoms with Gasteiger partial charge in [0.05, 0.1) is 49.3 Å². The van der Waals surface area contributed by atoms with E-state index in [2.05, 4.69) is 52.1 Å². The van der Waals surface area contributed by atoms with Crippen LogP contribution in [-0.4, -0.2) is 56.4 Å². The van der Waals surface area contributed by atoms with Crippen molar-refractivity contribution in [3.8, 4) is 45.6 Å². The van der Waals surface area contributed by atoms with Crippen LogP contribution in [0.3, 0.4) is 0 Å². The van der Waals surface area contributed by atoms with E-state index >= 15 is 0 Å². The second kappa shape index (κ2) is 41.5. The Kier molecular flexibility index (Phi) is 53.1. The topological polar surface area (TPSA) is 184 Å². The maximum Gasteiger partial charge on any atom is 0 e. The van der Waals surface area contributed by atoms with E-state index < -0.39 is 0 Å². The molecule has 44 heavy (non-hydrogen) atoms. The van der Waals surface area contributed by atoms with Crippen LogP contribution in [0.2, 0.25) is 0 Å². The smallest absolute Gasteiger partial charge is 0 e. The second-order valence-electron chi connectivity index (χ2n) is 6.02. The summed E-state index contributed by atoms with van der Waals surface area (Å²) in [7, 11) is 11.0. The summed E-state index contributed by atoms with van der Waals surface area (Å²) in [5.74, 6) is 3.06. The molecule has 0 amide bonds. The zero-order valence-electron chi connectivity index (χ0n) is 24.6. The van der Waals surface area contributed by atoms with Gasteiger partial charge in [-0.05, 0) is 42.3 Å². The Morgan fingerprint density at radius 1 is 0.523 bits per heavy atom. The van der Waals surface area contributed by atoms with Gasteiger partial charge in [0.2, 0.25) is 11.5 Å². The summed E-state index contributed by atoms with van der Waals surface area (Å²) in [6.07, 6.45) is 6.53. The van der Waals surface area contributed by atoms with Crippen LogP contribution in [0.4, 0.5) is 0 Å². The van der Waals surface area contributed by atoms with Crippen molar-refractivity contribution in [2.45, 2.75) is 6.42 Å². The first-order valence-corrected chi connectivity index (χ1v) is 10.4. The van der Waals surface area contributed by atoms with E-state index in [9.17, 15) is 0 Å². The molecule has 0 aliphatic rings. The van der Waals surface area contributed by atoms with Crippen molar-refractivity contribution in [1.82, 2.24) is 0 Å². The minimum absolute atomic E-state index is 0. The third kappa shape index (κ3) is 17.5. The van der Waals surface area contributed by atoms with Crippen molar-refractivity contribution in [3.63, 3.8) is 0 Å². The molecule has 13 nitrogen and oxygen atoms in total. The predicted octanol–water partition coefficient (Wildman–Crippen LogP) is 3.53. The maximum atomic E-state index is 7.50. The quantitative estimate of drug-likeness (QED) is 0.253. The van der Waals surface area contributed by atoms with E-state index in [1.54, 1.807) is 49.8 Å². The van der Waals surface area contributed by atoms with Gasteiger partial charge in [-0.15, -0.1) is 0 Å². The average Bonchev–Trinajstić information content (AvgIpc) is 3.10. The zero-order chi connectivity index (χ0) is 34.1. The van der Waals surface area contributed by atoms with Crippen LogP contribution in [0.15, 0.2) is 18.2 Å². The monoisotopic (exact) mass is 702 g/mol. The van der Waals surface area contributed by atoms with E-state index in [1.807, 2.05) is 18.2 Å². The standard InChI is InChI=1S/C23H28O7.6CO.2Co/c1-24-13-9-8-10-15-14-18(26-3)22(29-6)23(30-7)19(15)16-11-12-17(25-2)21(28-5)20(16)27-4;6*1-2;;/h11-12,14H,10,13H2,1-7H3;;;;;;;;. The van der Waals surface area contributed by atoms with E-state index in [1.165, 1.54) is 0 Å². The first-order valence-electron chi connectivity index (χ1n) is 10.4. The van der Waals surface area contributed by atoms with E-state index in [4.69, 9.17) is 61.1 Å². The molecule has 0 aliphatic carbocycles. The Morgan fingerprint density at radius 3 is 1.30 bits per heavy atom. The van der Waals surface area contributed by atoms with Gasteiger partial charge in [0.15, 0.2) is 23.0 Å². The number of hydrogen-bond acceptors (Lipinski definition) is 7. The van der Waals surface area contributed by atoms with Crippen LogP contribution in [0.5, 0.6) is 34.5 Å². The third-order valence-electron chi connectivity index (χ3n) is 4.51. The van der Waals surface area contributed by atoms with Crippen LogP contribution in [0, 0.1) is 52.1 Å². The average molecular weight is 702 g/mol. The second-order valence-corrected chi connectivity index (χ2v) is 6.02. The molecule has 2 aromatic rings. The van der Waals surface area contributed by atoms with Gasteiger partial charge in [0, 0.05) is 51.8 Å². The summed E-state index contributed by atoms with van der Waals surface area (Å²) in [4.78, 5) is 0. The fraction of sp³-hybridized carbons (Fsp3) is 0.310. The Labute approximate surface area is 278 Å². The maximum absolute atomic E-state index is 7.50. The van der Waals surface area contributed by atoms with Crippen molar-refractivity contribution in [2.24, 2.45) is 0 Å². The first kappa shape index (κ1) is 56.2. The molecule has 0 atom stereocenters. The summed E-state index contributed by atoms with van der Waals surface area (Å²) in [5.41, 5.74) is 2.38. The Hall–Kier alpha value is -3.61. The number of benzene rings is 2. The third-order valence-corrected chi connectivity index (χ3v) is 4.51. The molecule has 2 aromatic carbocycles. The molecule has 0 unspecified atom stereocenters. The molecule has 0 spiro atoms. The van der Waals surface area contributed by atoms with Crippen molar-refractivity contribution < 1.29 is 94.6 Å². The molecular weight excluding hydrogens is 674 g/mol. The number of ether oxygens (including phenoxy) is 7. The fourth-order valence-electron chi connectivity index (χ4n) is 3.22. The van der Waals surface area contributed by atoms with Gasteiger partial charge in [0.1, 0.15) is 0 Å². The normalized spacial score (nSPS) is 7.61. The number of rotatable bonds is 11. The molecule has 240 valence electrons. The molecule has 4 radical (unpaired) electrons. The van der Waals surface area contributed by atoms with Crippen molar-refractivity contribution >= 4 is 0 Å². The molecule has 0 aliphatic heterocycles. The van der Waals surface area contributed by atoms with Crippen molar-refractivity contribution in [2.75, 3.05) is 56.4 Å². The van der Waals surface area contributed by atoms with Crippen LogP contribution >= 0.6 is 0 Å². The van der Waals surface area contributed by atoms with E-state index in [0.717, 1.165) is 16.7 Å². The van der Waals surface area contributed by atoms with Crippen molar-refractivity contribution in [1.29, 1.82) is 0 Å². The summed E-state index contributed by atoms with van der Waals surface area (Å²) < 4.78 is 83.6. The minimum Gasteiger partial charge on any atom is 0 e. The zero-order valence-corrected chi connectivity index (χ0v) is 26.7. The first-order chi connectivity index (χ1) is 20.6. The number of allylic oxidation sites excluding steroid dienone is 1. The summed E-state index contributed by atoms with van der Waals surface area (Å²) in [6, 6.07) is 5.58. The Balaban J connectivity index is -0.000000174. The fourth-order valence-corrected chi connectivity index (χ4v) is 3.22. The summed E-state index contributed by atoms with van der Waals surface area (Å²) >= 11 is 0. The van der Waals surface area contributed by atoms with Gasteiger partial charge in [-0.25, -0.2) is 0 Å². The van der Waals surface area contributed by atoms with Crippen molar-refractivity contribution in [3.05, 3.63) is 75.8 Å². The van der Waals surface area contributed by atoms with Crippen LogP contribution in [-0.2, 0) is 72.6 Å². The number of methoxy groups -OCH3 is 7. The molecule has 0 saturated heterocycles. The molecule has 15 heteroatoms. The van der Waals surface area contributed by atoms with E-state index in [0.29, 0.717) is 47.5 Å². The van der Waals surface area contributed by atoms with Gasteiger partial charge >= 0.3 is 67.8 Å². The largest absolute Gasteiger partial charge is 0 e. The van der Waals surface area contributed by atoms with Gasteiger partial charge in [0.25, 0.3) is 0 Å². The molecule has 0 fully saturated rings. The molecule has 0 aromatic heterocycles. The van der Waals surface area contributed by atoms with E-state index in [-0.39, 0.29) is 33.6 Å². The Bertz CT molecular complexity index is 1110. The minimum atomic E-state index is 0. The summed E-state index contributed by atoms with van der Waals surface area (Å²) in [6.45, 7) is 27.3. The van der Waals surface area contributed by atoms with Gasteiger partial charge in [-0.3, -0.25) is 0 Å².